The van der Waals surface area contributed by atoms with Crippen LogP contribution in [0.5, 0.6) is 0 Å². The summed E-state index contributed by atoms with van der Waals surface area (Å²) in [6.07, 6.45) is 9.84. The number of aliphatic hydroxyl groups excluding tert-OH is 3. The maximum atomic E-state index is 13.1. The average Bonchev–Trinajstić information content (AvgIpc) is 3.01. The molecular formula is C30H48O4. The number of carbonyl (C=O) groups is 1. The lowest BCUT2D eigenvalue weighted by Crippen LogP contribution is -2.64. The molecule has 4 heteroatoms. The average molecular weight is 473 g/mol. The molecule has 0 heterocycles. The van der Waals surface area contributed by atoms with Crippen LogP contribution in [0.1, 0.15) is 93.4 Å². The Kier molecular flexibility index (Phi) is 6.57. The molecule has 0 aliphatic heterocycles. The van der Waals surface area contributed by atoms with E-state index in [2.05, 4.69) is 34.6 Å². The molecule has 192 valence electrons. The minimum absolute atomic E-state index is 0.0182. The van der Waals surface area contributed by atoms with Crippen LogP contribution in [0, 0.1) is 45.3 Å². The molecule has 3 saturated carbocycles. The van der Waals surface area contributed by atoms with E-state index in [-0.39, 0.29) is 22.7 Å². The van der Waals surface area contributed by atoms with Gasteiger partial charge < -0.3 is 20.1 Å². The minimum atomic E-state index is -0.670. The number of carbonyl (C=O) groups excluding carboxylic acids is 1. The summed E-state index contributed by atoms with van der Waals surface area (Å²) < 4.78 is 0. The Hall–Kier alpha value is -0.970. The quantitative estimate of drug-likeness (QED) is 0.367. The molecule has 4 aliphatic carbocycles. The SMILES string of the molecule is CC(C)=C[C@H](O)C[C@@H](C)[C@H]1CC[C@@]2(C)[C@@H]3[C@@H](O)C=C4[C@@H](CC[C@H](O)C4(C)C)[C@]3(C=O)CC[C@]12C. The molecule has 0 amide bonds. The van der Waals surface area contributed by atoms with Crippen LogP contribution in [0.15, 0.2) is 23.3 Å². The first-order chi connectivity index (χ1) is 15.7. The fraction of sp³-hybridized carbons (Fsp3) is 0.833. The van der Waals surface area contributed by atoms with Crippen molar-refractivity contribution >= 4 is 6.29 Å². The first-order valence-corrected chi connectivity index (χ1v) is 13.6. The molecule has 0 radical (unpaired) electrons. The van der Waals surface area contributed by atoms with E-state index in [0.717, 1.165) is 49.7 Å². The number of fused-ring (bicyclic) bond motifs is 5. The number of allylic oxidation sites excluding steroid dienone is 1. The van der Waals surface area contributed by atoms with Crippen LogP contribution in [-0.4, -0.2) is 39.9 Å². The van der Waals surface area contributed by atoms with Crippen molar-refractivity contribution in [2.24, 2.45) is 45.3 Å². The minimum Gasteiger partial charge on any atom is -0.392 e. The van der Waals surface area contributed by atoms with E-state index in [1.54, 1.807) is 0 Å². The van der Waals surface area contributed by atoms with Gasteiger partial charge in [-0.3, -0.25) is 0 Å². The number of aliphatic hydroxyl groups is 3. The van der Waals surface area contributed by atoms with Crippen molar-refractivity contribution in [1.29, 1.82) is 0 Å². The maximum absolute atomic E-state index is 13.1. The van der Waals surface area contributed by atoms with Gasteiger partial charge in [0.2, 0.25) is 0 Å². The molecule has 0 spiro atoms. The highest BCUT2D eigenvalue weighted by molar-refractivity contribution is 5.65. The Labute approximate surface area is 206 Å². The molecule has 0 aromatic carbocycles. The van der Waals surface area contributed by atoms with Gasteiger partial charge in [-0.05, 0) is 87.4 Å². The predicted octanol–water partition coefficient (Wildman–Crippen LogP) is 5.46. The first kappa shape index (κ1) is 26.1. The van der Waals surface area contributed by atoms with Crippen LogP contribution in [0.4, 0.5) is 0 Å². The van der Waals surface area contributed by atoms with Crippen LogP contribution >= 0.6 is 0 Å². The van der Waals surface area contributed by atoms with E-state index in [1.807, 2.05) is 26.0 Å². The maximum Gasteiger partial charge on any atom is 0.127 e. The van der Waals surface area contributed by atoms with E-state index >= 15 is 0 Å². The first-order valence-electron chi connectivity index (χ1n) is 13.6. The Morgan fingerprint density at radius 2 is 1.74 bits per heavy atom. The van der Waals surface area contributed by atoms with Gasteiger partial charge in [-0.1, -0.05) is 57.9 Å². The van der Waals surface area contributed by atoms with Crippen LogP contribution in [-0.2, 0) is 4.79 Å². The molecule has 10 atom stereocenters. The highest BCUT2D eigenvalue weighted by Crippen LogP contribution is 2.74. The van der Waals surface area contributed by atoms with Crippen LogP contribution in [0.2, 0.25) is 0 Å². The topological polar surface area (TPSA) is 77.8 Å². The second kappa shape index (κ2) is 8.56. The summed E-state index contributed by atoms with van der Waals surface area (Å²) in [6, 6.07) is 0. The lowest BCUT2D eigenvalue weighted by atomic mass is 9.38. The fourth-order valence-electron chi connectivity index (χ4n) is 9.55. The van der Waals surface area contributed by atoms with Gasteiger partial charge in [-0.2, -0.15) is 0 Å². The van der Waals surface area contributed by atoms with Gasteiger partial charge in [0.25, 0.3) is 0 Å². The summed E-state index contributed by atoms with van der Waals surface area (Å²) in [5.41, 5.74) is 1.14. The third kappa shape index (κ3) is 3.53. The van der Waals surface area contributed by atoms with E-state index < -0.39 is 29.1 Å². The van der Waals surface area contributed by atoms with Crippen molar-refractivity contribution in [3.05, 3.63) is 23.3 Å². The van der Waals surface area contributed by atoms with Gasteiger partial charge in [0.1, 0.15) is 6.29 Å². The zero-order valence-corrected chi connectivity index (χ0v) is 22.5. The Balaban J connectivity index is 1.72. The van der Waals surface area contributed by atoms with Gasteiger partial charge in [0, 0.05) is 16.7 Å². The zero-order chi connectivity index (χ0) is 25.3. The third-order valence-corrected chi connectivity index (χ3v) is 11.5. The molecule has 4 aliphatic rings. The summed E-state index contributed by atoms with van der Waals surface area (Å²) in [4.78, 5) is 13.1. The van der Waals surface area contributed by atoms with Gasteiger partial charge in [-0.25, -0.2) is 0 Å². The van der Waals surface area contributed by atoms with Gasteiger partial charge in [0.05, 0.1) is 18.3 Å². The molecule has 0 aromatic heterocycles. The molecular weight excluding hydrogens is 424 g/mol. The standard InChI is InChI=1S/C30H48O4/c1-18(2)14-20(32)15-19(3)21-10-11-29(7)26-24(33)16-23-22(8-9-25(34)27(23,4)5)30(26,17-31)13-12-28(21,29)6/h14,16-17,19-22,24-26,32-34H,8-13,15H2,1-7H3/t19-,20+,21-,22-,24+,25+,26+,28-,29+,30-/m1/s1. The van der Waals surface area contributed by atoms with Crippen molar-refractivity contribution in [2.75, 3.05) is 0 Å². The highest BCUT2D eigenvalue weighted by Gasteiger charge is 2.70. The van der Waals surface area contributed by atoms with Crippen LogP contribution in [0.25, 0.3) is 0 Å². The molecule has 4 nitrogen and oxygen atoms in total. The molecule has 0 bridgehead atoms. The van der Waals surface area contributed by atoms with Gasteiger partial charge in [0.15, 0.2) is 0 Å². The van der Waals surface area contributed by atoms with Crippen molar-refractivity contribution < 1.29 is 20.1 Å². The molecule has 3 fully saturated rings. The van der Waals surface area contributed by atoms with Crippen LogP contribution < -0.4 is 0 Å². The van der Waals surface area contributed by atoms with Gasteiger partial charge >= 0.3 is 0 Å². The number of hydrogen-bond donors (Lipinski definition) is 3. The summed E-state index contributed by atoms with van der Waals surface area (Å²) in [7, 11) is 0. The Morgan fingerprint density at radius 1 is 1.06 bits per heavy atom. The molecule has 3 N–H and O–H groups in total. The normalized spacial score (nSPS) is 46.9. The Bertz CT molecular complexity index is 869. The van der Waals surface area contributed by atoms with Gasteiger partial charge in [-0.15, -0.1) is 0 Å². The van der Waals surface area contributed by atoms with Crippen molar-refractivity contribution in [2.45, 2.75) is 112 Å². The summed E-state index contributed by atoms with van der Waals surface area (Å²) in [6.45, 7) is 15.2. The Morgan fingerprint density at radius 3 is 2.35 bits per heavy atom. The van der Waals surface area contributed by atoms with E-state index in [4.69, 9.17) is 0 Å². The van der Waals surface area contributed by atoms with Crippen molar-refractivity contribution in [3.8, 4) is 0 Å². The fourth-order valence-corrected chi connectivity index (χ4v) is 9.55. The molecule has 0 unspecified atom stereocenters. The third-order valence-electron chi connectivity index (χ3n) is 11.5. The summed E-state index contributed by atoms with van der Waals surface area (Å²) in [5.74, 6) is 0.839. The summed E-state index contributed by atoms with van der Waals surface area (Å²) in [5, 5.41) is 33.0. The molecule has 0 saturated heterocycles. The van der Waals surface area contributed by atoms with E-state index in [9.17, 15) is 20.1 Å². The number of hydrogen-bond acceptors (Lipinski definition) is 4. The van der Waals surface area contributed by atoms with Crippen LogP contribution in [0.3, 0.4) is 0 Å². The van der Waals surface area contributed by atoms with E-state index in [1.165, 1.54) is 6.29 Å². The van der Waals surface area contributed by atoms with Crippen molar-refractivity contribution in [1.82, 2.24) is 0 Å². The second-order valence-electron chi connectivity index (χ2n) is 13.7. The monoisotopic (exact) mass is 472 g/mol. The number of rotatable bonds is 5. The number of aldehydes is 1. The molecule has 0 aromatic rings. The zero-order valence-electron chi connectivity index (χ0n) is 22.5. The lowest BCUT2D eigenvalue weighted by molar-refractivity contribution is -0.183. The largest absolute Gasteiger partial charge is 0.392 e. The summed E-state index contributed by atoms with van der Waals surface area (Å²) >= 11 is 0. The van der Waals surface area contributed by atoms with Crippen molar-refractivity contribution in [3.63, 3.8) is 0 Å². The second-order valence-corrected chi connectivity index (χ2v) is 13.7. The lowest BCUT2D eigenvalue weighted by Gasteiger charge is -2.66. The van der Waals surface area contributed by atoms with E-state index in [0.29, 0.717) is 18.3 Å². The molecule has 4 rings (SSSR count). The predicted molar refractivity (Wildman–Crippen MR) is 136 cm³/mol. The molecule has 34 heavy (non-hydrogen) atoms. The highest BCUT2D eigenvalue weighted by atomic mass is 16.3. The smallest absolute Gasteiger partial charge is 0.127 e.